The van der Waals surface area contributed by atoms with Crippen LogP contribution in [0.2, 0.25) is 10.0 Å². The number of hydrogen-bond donors (Lipinski definition) is 2. The van der Waals surface area contributed by atoms with Gasteiger partial charge in [-0.3, -0.25) is 14.4 Å². The Balaban J connectivity index is 1.98. The smallest absolute Gasteiger partial charge is 0.319 e. The summed E-state index contributed by atoms with van der Waals surface area (Å²) in [6.45, 7) is 5.87. The molecule has 1 aliphatic rings. The molecule has 0 unspecified atom stereocenters. The molecule has 3 rings (SSSR count). The number of hydrogen-bond acceptors (Lipinski definition) is 7. The number of benzene rings is 2. The van der Waals surface area contributed by atoms with Crippen LogP contribution >= 0.6 is 35.0 Å². The average Bonchev–Trinajstić information content (AvgIpc) is 2.86. The van der Waals surface area contributed by atoms with E-state index in [2.05, 4.69) is 16.7 Å². The number of thioether (sulfide) groups is 1. The molecule has 37 heavy (non-hydrogen) atoms. The monoisotopic (exact) mass is 561 g/mol. The summed E-state index contributed by atoms with van der Waals surface area (Å²) in [6, 6.07) is 10.8. The van der Waals surface area contributed by atoms with E-state index in [0.29, 0.717) is 17.9 Å². The molecule has 2 N–H and O–H groups in total. The van der Waals surface area contributed by atoms with Gasteiger partial charge in [-0.2, -0.15) is 5.26 Å². The molecule has 2 aromatic carbocycles. The van der Waals surface area contributed by atoms with Crippen LogP contribution in [0.15, 0.2) is 40.9 Å². The van der Waals surface area contributed by atoms with Gasteiger partial charge in [-0.15, -0.1) is 0 Å². The number of carbonyl (C=O) groups is 3. The summed E-state index contributed by atoms with van der Waals surface area (Å²) in [5, 5.41) is 16.0. The number of ether oxygens (including phenoxy) is 2. The number of anilines is 1. The number of rotatable bonds is 8. The normalized spacial score (nSPS) is 17.1. The van der Waals surface area contributed by atoms with Crippen molar-refractivity contribution in [3.63, 3.8) is 0 Å². The van der Waals surface area contributed by atoms with Gasteiger partial charge in [-0.1, -0.05) is 53.2 Å². The van der Waals surface area contributed by atoms with Crippen LogP contribution in [0.5, 0.6) is 5.75 Å². The number of esters is 1. The zero-order chi connectivity index (χ0) is 27.3. The second-order valence-corrected chi connectivity index (χ2v) is 9.97. The number of allylic oxidation sites excluding steroid dienone is 1. The average molecular weight is 562 g/mol. The van der Waals surface area contributed by atoms with Crippen molar-refractivity contribution in [1.82, 2.24) is 5.32 Å². The van der Waals surface area contributed by atoms with Gasteiger partial charge in [-0.05, 0) is 49.6 Å². The van der Waals surface area contributed by atoms with Crippen LogP contribution in [0.25, 0.3) is 0 Å². The second-order valence-electron chi connectivity index (χ2n) is 8.17. The molecular formula is C26H25Cl2N3O5S. The number of nitrogens with one attached hydrogen (secondary N) is 2. The standard InChI is InChI=1S/C26H25Cl2N3O5S/c1-5-36-23-17(27)9-15(10-18(23)28)20-16(11-29)25(31-24(33)21(20)26(34)35-4)37-12-19(32)30-22-13(2)7-6-8-14(22)3/h6-10,20-21H,5,12H2,1-4H3,(H,30,32)(H,31,33)/t20-,21+/m0/s1. The van der Waals surface area contributed by atoms with E-state index in [0.717, 1.165) is 30.0 Å². The summed E-state index contributed by atoms with van der Waals surface area (Å²) < 4.78 is 10.3. The lowest BCUT2D eigenvalue weighted by Crippen LogP contribution is -2.44. The highest BCUT2D eigenvalue weighted by Crippen LogP contribution is 2.44. The molecule has 1 aliphatic heterocycles. The third kappa shape index (κ3) is 6.21. The number of halogens is 2. The summed E-state index contributed by atoms with van der Waals surface area (Å²) in [4.78, 5) is 38.4. The Hall–Kier alpha value is -3.19. The van der Waals surface area contributed by atoms with Gasteiger partial charge in [0.15, 0.2) is 5.75 Å². The van der Waals surface area contributed by atoms with Crippen LogP contribution in [0.1, 0.15) is 29.5 Å². The van der Waals surface area contributed by atoms with Gasteiger partial charge >= 0.3 is 5.97 Å². The van der Waals surface area contributed by atoms with Gasteiger partial charge in [0.1, 0.15) is 5.92 Å². The molecular weight excluding hydrogens is 537 g/mol. The SMILES string of the molecule is CCOc1c(Cl)cc([C@H]2C(C#N)=C(SCC(=O)Nc3c(C)cccc3C)NC(=O)[C@@H]2C(=O)OC)cc1Cl. The summed E-state index contributed by atoms with van der Waals surface area (Å²) in [5.41, 5.74) is 2.96. The number of nitriles is 1. The number of methoxy groups -OCH3 is 1. The lowest BCUT2D eigenvalue weighted by molar-refractivity contribution is -0.150. The maximum absolute atomic E-state index is 13.1. The predicted octanol–water partition coefficient (Wildman–Crippen LogP) is 5.12. The molecule has 194 valence electrons. The molecule has 2 amide bonds. The second kappa shape index (κ2) is 12.4. The molecule has 0 bridgehead atoms. The van der Waals surface area contributed by atoms with Crippen molar-refractivity contribution in [1.29, 1.82) is 5.26 Å². The quantitative estimate of drug-likeness (QED) is 0.339. The van der Waals surface area contributed by atoms with Crippen molar-refractivity contribution >= 4 is 58.4 Å². The minimum absolute atomic E-state index is 0.0798. The van der Waals surface area contributed by atoms with Gasteiger partial charge in [0, 0.05) is 11.6 Å². The number of para-hydroxylation sites is 1. The van der Waals surface area contributed by atoms with Crippen LogP contribution in [0.3, 0.4) is 0 Å². The Morgan fingerprint density at radius 2 is 1.81 bits per heavy atom. The Morgan fingerprint density at radius 3 is 2.35 bits per heavy atom. The maximum Gasteiger partial charge on any atom is 0.319 e. The fourth-order valence-corrected chi connectivity index (χ4v) is 5.51. The Labute approximate surface area is 229 Å². The van der Waals surface area contributed by atoms with E-state index in [1.54, 1.807) is 6.92 Å². The fraction of sp³-hybridized carbons (Fsp3) is 0.308. The van der Waals surface area contributed by atoms with Crippen LogP contribution in [0.4, 0.5) is 5.69 Å². The van der Waals surface area contributed by atoms with Gasteiger partial charge in [0.25, 0.3) is 0 Å². The first-order valence-corrected chi connectivity index (χ1v) is 13.0. The molecule has 11 heteroatoms. The predicted molar refractivity (Wildman–Crippen MR) is 144 cm³/mol. The zero-order valence-electron chi connectivity index (χ0n) is 20.6. The number of amides is 2. The molecule has 0 saturated carbocycles. The largest absolute Gasteiger partial charge is 0.491 e. The van der Waals surface area contributed by atoms with E-state index < -0.39 is 23.7 Å². The van der Waals surface area contributed by atoms with Crippen molar-refractivity contribution in [2.45, 2.75) is 26.7 Å². The van der Waals surface area contributed by atoms with Crippen LogP contribution in [0, 0.1) is 31.1 Å². The summed E-state index contributed by atoms with van der Waals surface area (Å²) in [7, 11) is 1.16. The molecule has 2 aromatic rings. The molecule has 0 radical (unpaired) electrons. The summed E-state index contributed by atoms with van der Waals surface area (Å²) in [5.74, 6) is -4.05. The third-order valence-electron chi connectivity index (χ3n) is 5.75. The Kier molecular flexibility index (Phi) is 9.49. The van der Waals surface area contributed by atoms with Gasteiger partial charge in [-0.25, -0.2) is 0 Å². The van der Waals surface area contributed by atoms with E-state index in [4.69, 9.17) is 32.7 Å². The van der Waals surface area contributed by atoms with Gasteiger partial charge < -0.3 is 20.1 Å². The number of aryl methyl sites for hydroxylation is 2. The number of carbonyl (C=O) groups excluding carboxylic acids is 3. The van der Waals surface area contributed by atoms with Crippen molar-refractivity contribution in [3.05, 3.63) is 67.7 Å². The first-order valence-electron chi connectivity index (χ1n) is 11.3. The van der Waals surface area contributed by atoms with Crippen molar-refractivity contribution in [2.24, 2.45) is 5.92 Å². The summed E-state index contributed by atoms with van der Waals surface area (Å²) in [6.07, 6.45) is 0. The molecule has 8 nitrogen and oxygen atoms in total. The highest BCUT2D eigenvalue weighted by molar-refractivity contribution is 8.03. The third-order valence-corrected chi connectivity index (χ3v) is 7.32. The number of nitrogens with zero attached hydrogens (tertiary/aromatic N) is 1. The first-order chi connectivity index (χ1) is 17.6. The van der Waals surface area contributed by atoms with Crippen molar-refractivity contribution in [3.8, 4) is 11.8 Å². The van der Waals surface area contributed by atoms with Crippen molar-refractivity contribution < 1.29 is 23.9 Å². The lowest BCUT2D eigenvalue weighted by atomic mass is 9.78. The van der Waals surface area contributed by atoms with E-state index in [-0.39, 0.29) is 38.1 Å². The minimum Gasteiger partial charge on any atom is -0.491 e. The van der Waals surface area contributed by atoms with Gasteiger partial charge in [0.05, 0.1) is 46.2 Å². The topological polar surface area (TPSA) is 118 Å². The first kappa shape index (κ1) is 28.4. The summed E-state index contributed by atoms with van der Waals surface area (Å²) >= 11 is 13.7. The van der Waals surface area contributed by atoms with Crippen LogP contribution in [-0.2, 0) is 19.1 Å². The van der Waals surface area contributed by atoms with Crippen LogP contribution in [-0.4, -0.2) is 37.3 Å². The fourth-order valence-electron chi connectivity index (χ4n) is 4.05. The zero-order valence-corrected chi connectivity index (χ0v) is 22.9. The Morgan fingerprint density at radius 1 is 1.19 bits per heavy atom. The van der Waals surface area contributed by atoms with E-state index in [1.165, 1.54) is 12.1 Å². The van der Waals surface area contributed by atoms with E-state index in [9.17, 15) is 19.6 Å². The molecule has 0 spiro atoms. The maximum atomic E-state index is 13.1. The van der Waals surface area contributed by atoms with E-state index in [1.807, 2.05) is 32.0 Å². The highest BCUT2D eigenvalue weighted by Gasteiger charge is 2.44. The molecule has 0 aliphatic carbocycles. The molecule has 0 saturated heterocycles. The molecule has 2 atom stereocenters. The molecule has 0 aromatic heterocycles. The van der Waals surface area contributed by atoms with Crippen molar-refractivity contribution in [2.75, 3.05) is 24.8 Å². The molecule has 0 fully saturated rings. The highest BCUT2D eigenvalue weighted by atomic mass is 35.5. The van der Waals surface area contributed by atoms with Gasteiger partial charge in [0.2, 0.25) is 11.8 Å². The van der Waals surface area contributed by atoms with Crippen LogP contribution < -0.4 is 15.4 Å². The lowest BCUT2D eigenvalue weighted by Gasteiger charge is -2.31. The molecule has 1 heterocycles. The Bertz CT molecular complexity index is 1280. The van der Waals surface area contributed by atoms with E-state index >= 15 is 0 Å². The minimum atomic E-state index is -1.36.